The quantitative estimate of drug-likeness (QED) is 0.622. The number of aromatic nitrogens is 3. The first kappa shape index (κ1) is 16.7. The molecule has 0 unspecified atom stereocenters. The first-order valence-corrected chi connectivity index (χ1v) is 9.72. The van der Waals surface area contributed by atoms with E-state index in [-0.39, 0.29) is 5.60 Å². The zero-order valence-electron chi connectivity index (χ0n) is 15.0. The lowest BCUT2D eigenvalue weighted by Crippen LogP contribution is -2.32. The van der Waals surface area contributed by atoms with E-state index in [0.29, 0.717) is 19.1 Å². The van der Waals surface area contributed by atoms with Crippen LogP contribution in [0.1, 0.15) is 51.3 Å². The van der Waals surface area contributed by atoms with E-state index in [1.165, 1.54) is 12.8 Å². The van der Waals surface area contributed by atoms with Crippen LogP contribution in [0.4, 0.5) is 0 Å². The van der Waals surface area contributed by atoms with Crippen LogP contribution in [-0.4, -0.2) is 27.2 Å². The number of rotatable bonds is 5. The van der Waals surface area contributed by atoms with Crippen LogP contribution < -0.4 is 4.74 Å². The van der Waals surface area contributed by atoms with Gasteiger partial charge in [0.1, 0.15) is 15.9 Å². The summed E-state index contributed by atoms with van der Waals surface area (Å²) in [5.41, 5.74) is 3.07. The number of pyridine rings is 1. The summed E-state index contributed by atoms with van der Waals surface area (Å²) >= 11 is 1.62. The summed E-state index contributed by atoms with van der Waals surface area (Å²) in [7, 11) is 0. The van der Waals surface area contributed by atoms with Crippen molar-refractivity contribution in [2.75, 3.05) is 6.61 Å². The molecule has 0 aromatic carbocycles. The molecule has 1 aliphatic rings. The molecule has 0 saturated heterocycles. The maximum absolute atomic E-state index is 5.94. The van der Waals surface area contributed by atoms with Crippen molar-refractivity contribution in [1.29, 1.82) is 0 Å². The standard InChI is InChI=1S/C19H23N3O2S/c1-4-5-6-7-23-17-16-15(20-11-21-17)13-8-12-10-24-19(2,3)9-14(12)22-18(13)25-16/h8,11H,4-7,9-10H2,1-3H3. The summed E-state index contributed by atoms with van der Waals surface area (Å²) in [6.45, 7) is 7.71. The highest BCUT2D eigenvalue weighted by Gasteiger charge is 2.28. The summed E-state index contributed by atoms with van der Waals surface area (Å²) in [6, 6.07) is 2.18. The Morgan fingerprint density at radius 1 is 1.28 bits per heavy atom. The van der Waals surface area contributed by atoms with Crippen molar-refractivity contribution in [3.05, 3.63) is 23.7 Å². The van der Waals surface area contributed by atoms with Crippen molar-refractivity contribution < 1.29 is 9.47 Å². The minimum atomic E-state index is -0.155. The molecular formula is C19H23N3O2S. The fourth-order valence-corrected chi connectivity index (χ4v) is 4.26. The van der Waals surface area contributed by atoms with Crippen LogP contribution in [0, 0.1) is 0 Å². The second kappa shape index (κ2) is 6.50. The highest BCUT2D eigenvalue weighted by atomic mass is 32.1. The average molecular weight is 357 g/mol. The largest absolute Gasteiger partial charge is 0.477 e. The summed E-state index contributed by atoms with van der Waals surface area (Å²) in [5.74, 6) is 0.679. The summed E-state index contributed by atoms with van der Waals surface area (Å²) in [4.78, 5) is 14.8. The Bertz CT molecular complexity index is 920. The van der Waals surface area contributed by atoms with E-state index in [1.54, 1.807) is 17.7 Å². The molecule has 3 aromatic rings. The number of nitrogens with zero attached hydrogens (tertiary/aromatic N) is 3. The Labute approximate surface area is 151 Å². The second-order valence-corrected chi connectivity index (χ2v) is 8.19. The van der Waals surface area contributed by atoms with Crippen molar-refractivity contribution in [3.63, 3.8) is 0 Å². The van der Waals surface area contributed by atoms with Crippen LogP contribution in [0.5, 0.6) is 5.88 Å². The van der Waals surface area contributed by atoms with Gasteiger partial charge in [-0.05, 0) is 26.3 Å². The lowest BCUT2D eigenvalue weighted by atomic mass is 9.95. The maximum atomic E-state index is 5.94. The molecule has 4 rings (SSSR count). The van der Waals surface area contributed by atoms with Crippen LogP contribution in [0.2, 0.25) is 0 Å². The molecular weight excluding hydrogens is 334 g/mol. The van der Waals surface area contributed by atoms with Gasteiger partial charge in [-0.1, -0.05) is 19.8 Å². The molecule has 1 aliphatic heterocycles. The van der Waals surface area contributed by atoms with Gasteiger partial charge in [-0.25, -0.2) is 15.0 Å². The van der Waals surface area contributed by atoms with Gasteiger partial charge in [0, 0.05) is 17.4 Å². The molecule has 5 nitrogen and oxygen atoms in total. The zero-order chi connectivity index (χ0) is 17.4. The monoisotopic (exact) mass is 357 g/mol. The summed E-state index contributed by atoms with van der Waals surface area (Å²) < 4.78 is 12.8. The van der Waals surface area contributed by atoms with Crippen molar-refractivity contribution in [2.24, 2.45) is 0 Å². The molecule has 0 amide bonds. The highest BCUT2D eigenvalue weighted by Crippen LogP contribution is 2.38. The minimum Gasteiger partial charge on any atom is -0.477 e. The van der Waals surface area contributed by atoms with Crippen molar-refractivity contribution >= 4 is 31.8 Å². The molecule has 0 aliphatic carbocycles. The van der Waals surface area contributed by atoms with E-state index in [1.807, 2.05) is 0 Å². The number of thiophene rings is 1. The van der Waals surface area contributed by atoms with Gasteiger partial charge in [-0.3, -0.25) is 0 Å². The molecule has 0 fully saturated rings. The molecule has 4 heterocycles. The topological polar surface area (TPSA) is 57.1 Å². The lowest BCUT2D eigenvalue weighted by molar-refractivity contribution is -0.0411. The zero-order valence-corrected chi connectivity index (χ0v) is 15.8. The van der Waals surface area contributed by atoms with E-state index < -0.39 is 0 Å². The van der Waals surface area contributed by atoms with Gasteiger partial charge in [0.15, 0.2) is 0 Å². The molecule has 3 aromatic heterocycles. The predicted molar refractivity (Wildman–Crippen MR) is 100 cm³/mol. The van der Waals surface area contributed by atoms with E-state index in [9.17, 15) is 0 Å². The van der Waals surface area contributed by atoms with Crippen LogP contribution in [0.25, 0.3) is 20.4 Å². The van der Waals surface area contributed by atoms with Gasteiger partial charge < -0.3 is 9.47 Å². The van der Waals surface area contributed by atoms with E-state index >= 15 is 0 Å². The van der Waals surface area contributed by atoms with Gasteiger partial charge in [-0.2, -0.15) is 0 Å². The predicted octanol–water partition coefficient (Wildman–Crippen LogP) is 4.66. The Kier molecular flexibility index (Phi) is 4.33. The Morgan fingerprint density at radius 2 is 2.16 bits per heavy atom. The Morgan fingerprint density at radius 3 is 3.00 bits per heavy atom. The van der Waals surface area contributed by atoms with Crippen LogP contribution >= 0.6 is 11.3 Å². The van der Waals surface area contributed by atoms with Crippen LogP contribution in [0.3, 0.4) is 0 Å². The van der Waals surface area contributed by atoms with Gasteiger partial charge in [0.2, 0.25) is 5.88 Å². The molecule has 0 bridgehead atoms. The van der Waals surface area contributed by atoms with Crippen molar-refractivity contribution in [2.45, 2.75) is 58.7 Å². The van der Waals surface area contributed by atoms with E-state index in [0.717, 1.165) is 44.5 Å². The van der Waals surface area contributed by atoms with Crippen LogP contribution in [-0.2, 0) is 17.8 Å². The fourth-order valence-electron chi connectivity index (χ4n) is 3.19. The van der Waals surface area contributed by atoms with Gasteiger partial charge in [0.05, 0.1) is 30.0 Å². The van der Waals surface area contributed by atoms with E-state index in [4.69, 9.17) is 14.5 Å². The number of ether oxygens (including phenoxy) is 2. The minimum absolute atomic E-state index is 0.155. The third-order valence-electron chi connectivity index (χ3n) is 4.58. The SMILES string of the molecule is CCCCCOc1ncnc2c1sc1nc3c(cc12)COC(C)(C)C3. The third kappa shape index (κ3) is 3.20. The fraction of sp³-hybridized carbons (Fsp3) is 0.526. The average Bonchev–Trinajstić information content (AvgIpc) is 2.94. The van der Waals surface area contributed by atoms with Crippen molar-refractivity contribution in [3.8, 4) is 5.88 Å². The third-order valence-corrected chi connectivity index (χ3v) is 5.66. The molecule has 6 heteroatoms. The molecule has 132 valence electrons. The molecule has 0 radical (unpaired) electrons. The van der Waals surface area contributed by atoms with Crippen molar-refractivity contribution in [1.82, 2.24) is 15.0 Å². The number of fused-ring (bicyclic) bond motifs is 4. The lowest BCUT2D eigenvalue weighted by Gasteiger charge is -2.30. The number of unbranched alkanes of at least 4 members (excludes halogenated alkanes) is 2. The summed E-state index contributed by atoms with van der Waals surface area (Å²) in [5, 5.41) is 1.07. The number of hydrogen-bond acceptors (Lipinski definition) is 6. The molecule has 0 atom stereocenters. The van der Waals surface area contributed by atoms with Gasteiger partial charge >= 0.3 is 0 Å². The first-order valence-electron chi connectivity index (χ1n) is 8.90. The normalized spacial score (nSPS) is 16.3. The molecule has 0 saturated carbocycles. The highest BCUT2D eigenvalue weighted by molar-refractivity contribution is 7.25. The molecule has 0 N–H and O–H groups in total. The first-order chi connectivity index (χ1) is 12.1. The summed E-state index contributed by atoms with van der Waals surface area (Å²) in [6.07, 6.45) is 5.82. The Balaban J connectivity index is 1.74. The van der Waals surface area contributed by atoms with Crippen LogP contribution in [0.15, 0.2) is 12.4 Å². The second-order valence-electron chi connectivity index (χ2n) is 7.19. The molecule has 25 heavy (non-hydrogen) atoms. The maximum Gasteiger partial charge on any atom is 0.234 e. The Hall–Kier alpha value is -1.79. The smallest absolute Gasteiger partial charge is 0.234 e. The molecule has 0 spiro atoms. The van der Waals surface area contributed by atoms with Gasteiger partial charge in [0.25, 0.3) is 0 Å². The van der Waals surface area contributed by atoms with Gasteiger partial charge in [-0.15, -0.1) is 11.3 Å². The number of hydrogen-bond donors (Lipinski definition) is 0. The van der Waals surface area contributed by atoms with E-state index in [2.05, 4.69) is 36.8 Å².